The third-order valence-corrected chi connectivity index (χ3v) is 5.31. The van der Waals surface area contributed by atoms with Crippen molar-refractivity contribution in [2.45, 2.75) is 44.4 Å². The molecule has 120 valence electrons. The van der Waals surface area contributed by atoms with Crippen LogP contribution in [0.2, 0.25) is 0 Å². The van der Waals surface area contributed by atoms with Gasteiger partial charge in [-0.15, -0.1) is 0 Å². The first-order valence-corrected chi connectivity index (χ1v) is 9.24. The molecular weight excluding hydrogens is 284 g/mol. The minimum atomic E-state index is -3.35. The van der Waals surface area contributed by atoms with Crippen molar-refractivity contribution in [2.75, 3.05) is 26.7 Å². The molecule has 0 bridgehead atoms. The summed E-state index contributed by atoms with van der Waals surface area (Å²) in [4.78, 5) is 0.404. The van der Waals surface area contributed by atoms with Crippen molar-refractivity contribution >= 4 is 10.0 Å². The highest BCUT2D eigenvalue weighted by Crippen LogP contribution is 2.17. The van der Waals surface area contributed by atoms with Crippen LogP contribution in [-0.2, 0) is 16.4 Å². The predicted octanol–water partition coefficient (Wildman–Crippen LogP) is 2.65. The number of nitrogens with zero attached hydrogens (tertiary/aromatic N) is 1. The molecule has 0 amide bonds. The van der Waals surface area contributed by atoms with Crippen molar-refractivity contribution in [3.63, 3.8) is 0 Å². The van der Waals surface area contributed by atoms with E-state index in [1.807, 2.05) is 33.0 Å². The summed E-state index contributed by atoms with van der Waals surface area (Å²) in [6.45, 7) is 6.15. The van der Waals surface area contributed by atoms with E-state index in [-0.39, 0.29) is 0 Å². The topological polar surface area (TPSA) is 49.4 Å². The minimum absolute atomic E-state index is 0.404. The quantitative estimate of drug-likeness (QED) is 0.676. The summed E-state index contributed by atoms with van der Waals surface area (Å²) in [5.74, 6) is 0. The second-order valence-corrected chi connectivity index (χ2v) is 7.19. The molecule has 0 saturated heterocycles. The van der Waals surface area contributed by atoms with Crippen LogP contribution in [0.15, 0.2) is 29.2 Å². The largest absolute Gasteiger partial charge is 0.320 e. The van der Waals surface area contributed by atoms with Crippen molar-refractivity contribution in [3.8, 4) is 0 Å². The van der Waals surface area contributed by atoms with Crippen LogP contribution < -0.4 is 5.32 Å². The average Bonchev–Trinajstić information content (AvgIpc) is 2.48. The Bertz CT molecular complexity index is 492. The van der Waals surface area contributed by atoms with Crippen LogP contribution in [-0.4, -0.2) is 39.4 Å². The van der Waals surface area contributed by atoms with Crippen LogP contribution >= 0.6 is 0 Å². The van der Waals surface area contributed by atoms with E-state index in [2.05, 4.69) is 5.32 Å². The SMILES string of the molecule is CCCN(CCC)S(=O)(=O)c1ccc(CCCNC)cc1. The molecule has 0 fully saturated rings. The molecule has 0 aliphatic rings. The van der Waals surface area contributed by atoms with Gasteiger partial charge in [0.2, 0.25) is 10.0 Å². The first kappa shape index (κ1) is 18.1. The zero-order chi connectivity index (χ0) is 15.7. The van der Waals surface area contributed by atoms with Crippen LogP contribution in [0.3, 0.4) is 0 Å². The molecule has 0 radical (unpaired) electrons. The van der Waals surface area contributed by atoms with Gasteiger partial charge in [0.15, 0.2) is 0 Å². The lowest BCUT2D eigenvalue weighted by molar-refractivity contribution is 0.410. The van der Waals surface area contributed by atoms with E-state index < -0.39 is 10.0 Å². The minimum Gasteiger partial charge on any atom is -0.320 e. The normalized spacial score (nSPS) is 12.0. The third kappa shape index (κ3) is 5.41. The molecule has 0 aliphatic heterocycles. The Hall–Kier alpha value is -0.910. The van der Waals surface area contributed by atoms with Crippen molar-refractivity contribution < 1.29 is 8.42 Å². The second-order valence-electron chi connectivity index (χ2n) is 5.26. The molecule has 0 atom stereocenters. The van der Waals surface area contributed by atoms with Gasteiger partial charge in [0.25, 0.3) is 0 Å². The highest BCUT2D eigenvalue weighted by Gasteiger charge is 2.22. The van der Waals surface area contributed by atoms with Gasteiger partial charge in [0.1, 0.15) is 0 Å². The summed E-state index contributed by atoms with van der Waals surface area (Å²) in [6, 6.07) is 7.34. The van der Waals surface area contributed by atoms with Gasteiger partial charge in [-0.05, 0) is 57.0 Å². The zero-order valence-corrected chi connectivity index (χ0v) is 14.2. The van der Waals surface area contributed by atoms with Gasteiger partial charge >= 0.3 is 0 Å². The summed E-state index contributed by atoms with van der Waals surface area (Å²) >= 11 is 0. The molecule has 1 aromatic rings. The summed E-state index contributed by atoms with van der Waals surface area (Å²) in [5.41, 5.74) is 1.18. The number of nitrogens with one attached hydrogen (secondary N) is 1. The molecule has 4 nitrogen and oxygen atoms in total. The summed E-state index contributed by atoms with van der Waals surface area (Å²) < 4.78 is 26.8. The fourth-order valence-corrected chi connectivity index (χ4v) is 3.92. The van der Waals surface area contributed by atoms with Gasteiger partial charge in [-0.3, -0.25) is 0 Å². The summed E-state index contributed by atoms with van der Waals surface area (Å²) in [7, 11) is -1.41. The zero-order valence-electron chi connectivity index (χ0n) is 13.4. The molecule has 0 aromatic heterocycles. The Labute approximate surface area is 129 Å². The highest BCUT2D eigenvalue weighted by molar-refractivity contribution is 7.89. The number of hydrogen-bond donors (Lipinski definition) is 1. The standard InChI is InChI=1S/C16H28N2O2S/c1-4-13-18(14-5-2)21(19,20)16-10-8-15(9-11-16)7-6-12-17-3/h8-11,17H,4-7,12-14H2,1-3H3. The van der Waals surface area contributed by atoms with E-state index in [1.54, 1.807) is 16.4 Å². The lowest BCUT2D eigenvalue weighted by Crippen LogP contribution is -2.32. The number of rotatable bonds is 10. The molecule has 21 heavy (non-hydrogen) atoms. The molecule has 0 spiro atoms. The molecule has 0 unspecified atom stereocenters. The van der Waals surface area contributed by atoms with Crippen LogP contribution in [0, 0.1) is 0 Å². The van der Waals surface area contributed by atoms with Gasteiger partial charge < -0.3 is 5.32 Å². The van der Waals surface area contributed by atoms with Crippen LogP contribution in [0.4, 0.5) is 0 Å². The number of hydrogen-bond acceptors (Lipinski definition) is 3. The molecule has 0 aliphatic carbocycles. The van der Waals surface area contributed by atoms with E-state index in [0.717, 1.165) is 32.2 Å². The van der Waals surface area contributed by atoms with Crippen molar-refractivity contribution in [1.29, 1.82) is 0 Å². The Morgan fingerprint density at radius 1 is 1.05 bits per heavy atom. The first-order valence-electron chi connectivity index (χ1n) is 7.80. The van der Waals surface area contributed by atoms with Crippen LogP contribution in [0.5, 0.6) is 0 Å². The lowest BCUT2D eigenvalue weighted by atomic mass is 10.1. The van der Waals surface area contributed by atoms with E-state index in [0.29, 0.717) is 18.0 Å². The van der Waals surface area contributed by atoms with Crippen molar-refractivity contribution in [2.24, 2.45) is 0 Å². The second kappa shape index (κ2) is 9.18. The van der Waals surface area contributed by atoms with Gasteiger partial charge in [-0.25, -0.2) is 8.42 Å². The average molecular weight is 312 g/mol. The maximum Gasteiger partial charge on any atom is 0.243 e. The van der Waals surface area contributed by atoms with Gasteiger partial charge in [0, 0.05) is 13.1 Å². The molecule has 1 aromatic carbocycles. The van der Waals surface area contributed by atoms with Gasteiger partial charge in [-0.2, -0.15) is 4.31 Å². The Kier molecular flexibility index (Phi) is 7.93. The summed E-state index contributed by atoms with van der Waals surface area (Å²) in [6.07, 6.45) is 3.69. The highest BCUT2D eigenvalue weighted by atomic mass is 32.2. The fraction of sp³-hybridized carbons (Fsp3) is 0.625. The third-order valence-electron chi connectivity index (χ3n) is 3.40. The number of sulfonamides is 1. The maximum absolute atomic E-state index is 12.6. The van der Waals surface area contributed by atoms with E-state index in [9.17, 15) is 8.42 Å². The number of aryl methyl sites for hydroxylation is 1. The van der Waals surface area contributed by atoms with E-state index in [4.69, 9.17) is 0 Å². The lowest BCUT2D eigenvalue weighted by Gasteiger charge is -2.21. The van der Waals surface area contributed by atoms with E-state index in [1.165, 1.54) is 5.56 Å². The van der Waals surface area contributed by atoms with Crippen molar-refractivity contribution in [3.05, 3.63) is 29.8 Å². The smallest absolute Gasteiger partial charge is 0.243 e. The molecule has 0 heterocycles. The van der Waals surface area contributed by atoms with Crippen molar-refractivity contribution in [1.82, 2.24) is 9.62 Å². The maximum atomic E-state index is 12.6. The predicted molar refractivity (Wildman–Crippen MR) is 88.0 cm³/mol. The molecule has 5 heteroatoms. The molecule has 1 rings (SSSR count). The van der Waals surface area contributed by atoms with Crippen LogP contribution in [0.1, 0.15) is 38.7 Å². The number of benzene rings is 1. The Morgan fingerprint density at radius 2 is 1.62 bits per heavy atom. The summed E-state index contributed by atoms with van der Waals surface area (Å²) in [5, 5.41) is 3.11. The van der Waals surface area contributed by atoms with Gasteiger partial charge in [0.05, 0.1) is 4.90 Å². The monoisotopic (exact) mass is 312 g/mol. The molecular formula is C16H28N2O2S. The fourth-order valence-electron chi connectivity index (χ4n) is 2.30. The van der Waals surface area contributed by atoms with Gasteiger partial charge in [-0.1, -0.05) is 26.0 Å². The van der Waals surface area contributed by atoms with E-state index >= 15 is 0 Å². The Morgan fingerprint density at radius 3 is 2.10 bits per heavy atom. The van der Waals surface area contributed by atoms with Crippen LogP contribution in [0.25, 0.3) is 0 Å². The molecule has 0 saturated carbocycles. The molecule has 1 N–H and O–H groups in total. The first-order chi connectivity index (χ1) is 10.1. The Balaban J connectivity index is 2.82.